The zero-order valence-electron chi connectivity index (χ0n) is 16.4. The third kappa shape index (κ3) is 54.8. The molecule has 1 aliphatic heterocycles. The summed E-state index contributed by atoms with van der Waals surface area (Å²) in [5.41, 5.74) is 0. The topological polar surface area (TPSA) is 435 Å². The van der Waals surface area contributed by atoms with Crippen LogP contribution in [0, 0.1) is 0 Å². The Labute approximate surface area is 264 Å². The Hall–Kier alpha value is 2.05. The molecular weight excluding hydrogens is 885 g/mol. The molecule has 0 amide bonds. The molecule has 1 aromatic rings. The second kappa shape index (κ2) is 21.7. The second-order valence-electron chi connectivity index (χ2n) is 4.30. The maximum atomic E-state index is 10.8. The van der Waals surface area contributed by atoms with Crippen LogP contribution in [-0.2, 0) is 112 Å². The summed E-state index contributed by atoms with van der Waals surface area (Å²) >= 11 is 0. The van der Waals surface area contributed by atoms with Gasteiger partial charge < -0.3 is 86.0 Å². The molecule has 0 aromatic heterocycles. The maximum Gasteiger partial charge on any atom is 4.00 e. The van der Waals surface area contributed by atoms with Gasteiger partial charge in [-0.1, -0.05) is 6.07 Å². The summed E-state index contributed by atoms with van der Waals surface area (Å²) in [7, 11) is -28.7. The second-order valence-corrected chi connectivity index (χ2v) is 10.2. The third-order valence-electron chi connectivity index (χ3n) is 1.60. The van der Waals surface area contributed by atoms with Crippen molar-refractivity contribution < 1.29 is 182 Å². The van der Waals surface area contributed by atoms with E-state index >= 15 is 0 Å². The zero-order chi connectivity index (χ0) is 28.3. The van der Waals surface area contributed by atoms with Crippen LogP contribution >= 0.6 is 39.5 Å². The van der Waals surface area contributed by atoms with E-state index in [1.54, 1.807) is 0 Å². The molecule has 1 atom stereocenters. The summed E-state index contributed by atoms with van der Waals surface area (Å²) in [6.07, 6.45) is 0. The van der Waals surface area contributed by atoms with E-state index in [1.165, 1.54) is 12.1 Å². The fourth-order valence-corrected chi connectivity index (χ4v) is 2.53. The summed E-state index contributed by atoms with van der Waals surface area (Å²) in [5, 5.41) is 0. The number of para-hydroxylation sites is 1. The van der Waals surface area contributed by atoms with Crippen LogP contribution in [0.15, 0.2) is 23.1 Å². The molecular formula is C6H5O22P5SZr3. The van der Waals surface area contributed by atoms with Gasteiger partial charge in [0.2, 0.25) is 0 Å². The monoisotopic (exact) mass is 885 g/mol. The van der Waals surface area contributed by atoms with Crippen molar-refractivity contribution >= 4 is 49.7 Å². The molecule has 0 saturated heterocycles. The smallest absolute Gasteiger partial charge is 0.822 e. The largest absolute Gasteiger partial charge is 4.00 e. The first-order valence-corrected chi connectivity index (χ1v) is 14.9. The van der Waals surface area contributed by atoms with Crippen molar-refractivity contribution in [2.75, 3.05) is 0 Å². The zero-order valence-corrected chi connectivity index (χ0v) is 29.2. The fraction of sp³-hybridized carbons (Fsp3) is 0. The molecule has 1 unspecified atom stereocenters. The first-order valence-electron chi connectivity index (χ1n) is 6.41. The predicted octanol–water partition coefficient (Wildman–Crippen LogP) is -10.2. The molecule has 2 rings (SSSR count). The average Bonchev–Trinajstić information content (AvgIpc) is 2.78. The third-order valence-corrected chi connectivity index (χ3v) is 3.23. The molecule has 204 valence electrons. The first kappa shape index (κ1) is 51.8. The molecule has 0 fully saturated rings. The van der Waals surface area contributed by atoms with E-state index in [2.05, 4.69) is 4.52 Å². The molecule has 0 radical (unpaired) electrons. The molecule has 1 aliphatic rings. The number of benzene rings is 1. The fourth-order valence-electron chi connectivity index (χ4n) is 1.07. The van der Waals surface area contributed by atoms with Gasteiger partial charge in [0.05, 0.1) is 0 Å². The van der Waals surface area contributed by atoms with Gasteiger partial charge in [0.25, 0.3) is 10.1 Å². The SMILES string of the molecule is O=P([O-])([O-])[O-].O=P([O-])([O-])[O-].O=P([O-])([O-])[O-].O=P([O-])([O-])[O-].O=[PH]1Oc2cccc(S(=O)(=O)O)c2O1.[Zr+4].[Zr+4].[Zr+4]. The van der Waals surface area contributed by atoms with Crippen LogP contribution in [-0.4, -0.2) is 13.0 Å². The minimum atomic E-state index is -5.39. The van der Waals surface area contributed by atoms with Crippen LogP contribution in [0.5, 0.6) is 11.5 Å². The van der Waals surface area contributed by atoms with Gasteiger partial charge in [-0.15, -0.1) is 0 Å². The van der Waals surface area contributed by atoms with Gasteiger partial charge in [0.15, 0.2) is 11.5 Å². The molecule has 0 saturated carbocycles. The van der Waals surface area contributed by atoms with Crippen molar-refractivity contribution in [1.82, 2.24) is 0 Å². The molecule has 0 spiro atoms. The minimum Gasteiger partial charge on any atom is -0.822 e. The van der Waals surface area contributed by atoms with E-state index in [1.807, 2.05) is 0 Å². The van der Waals surface area contributed by atoms with E-state index in [-0.39, 0.29) is 90.1 Å². The van der Waals surface area contributed by atoms with Gasteiger partial charge in [-0.05, 0) is 12.1 Å². The summed E-state index contributed by atoms with van der Waals surface area (Å²) in [6.45, 7) is 0. The van der Waals surface area contributed by atoms with E-state index in [9.17, 15) is 13.0 Å². The Bertz CT molecular complexity index is 987. The summed E-state index contributed by atoms with van der Waals surface area (Å²) in [6, 6.07) is 3.89. The van der Waals surface area contributed by atoms with Gasteiger partial charge in [-0.3, -0.25) is 4.55 Å². The number of phosphoric acid groups is 4. The standard InChI is InChI=1S/C6H5O6PS.4H3O4P.3Zr/c7-13-11-4-2-1-3-5(6(4)12-13)14(8,9)10;4*1-5(2,3)4;;;/h1-3,13H,(H,8,9,10);4*(H3,1,2,3,4);;;/q;;;;;3*+4/p-12. The van der Waals surface area contributed by atoms with Crippen molar-refractivity contribution in [1.29, 1.82) is 0 Å². The molecule has 0 aliphatic carbocycles. The van der Waals surface area contributed by atoms with Gasteiger partial charge in [0.1, 0.15) is 4.90 Å². The minimum absolute atomic E-state index is 0. The molecule has 1 heterocycles. The van der Waals surface area contributed by atoms with Crippen LogP contribution in [0.4, 0.5) is 0 Å². The Kier molecular flexibility index (Phi) is 30.4. The van der Waals surface area contributed by atoms with Crippen molar-refractivity contribution in [3.05, 3.63) is 18.2 Å². The average molecular weight is 890 g/mol. The van der Waals surface area contributed by atoms with E-state index in [4.69, 9.17) is 86.1 Å². The molecule has 1 N–H and O–H groups in total. The normalized spacial score (nSPS) is 13.8. The van der Waals surface area contributed by atoms with E-state index < -0.39 is 54.6 Å². The van der Waals surface area contributed by atoms with Crippen LogP contribution < -0.4 is 67.8 Å². The number of fused-ring (bicyclic) bond motifs is 1. The van der Waals surface area contributed by atoms with E-state index in [0.717, 1.165) is 6.07 Å². The van der Waals surface area contributed by atoms with Crippen molar-refractivity contribution in [2.45, 2.75) is 4.90 Å². The van der Waals surface area contributed by atoms with Crippen molar-refractivity contribution in [2.24, 2.45) is 0 Å². The summed E-state index contributed by atoms with van der Waals surface area (Å²) in [4.78, 5) is 102. The quantitative estimate of drug-likeness (QED) is 0.202. The maximum absolute atomic E-state index is 10.8. The van der Waals surface area contributed by atoms with Gasteiger partial charge in [-0.25, -0.2) is 4.57 Å². The Morgan fingerprint density at radius 2 is 0.919 bits per heavy atom. The van der Waals surface area contributed by atoms with Gasteiger partial charge in [0, 0.05) is 0 Å². The Balaban J connectivity index is -0.0000000893. The van der Waals surface area contributed by atoms with Crippen LogP contribution in [0.3, 0.4) is 0 Å². The number of rotatable bonds is 1. The van der Waals surface area contributed by atoms with Crippen molar-refractivity contribution in [3.8, 4) is 11.5 Å². The Morgan fingerprint density at radius 1 is 0.649 bits per heavy atom. The molecule has 1 aromatic carbocycles. The predicted molar refractivity (Wildman–Crippen MR) is 76.9 cm³/mol. The van der Waals surface area contributed by atoms with Gasteiger partial charge in [-0.2, -0.15) is 39.7 Å². The van der Waals surface area contributed by atoms with Crippen LogP contribution in [0.25, 0.3) is 0 Å². The molecule has 0 bridgehead atoms. The number of hydrogen-bond donors (Lipinski definition) is 1. The summed E-state index contributed by atoms with van der Waals surface area (Å²) < 4.78 is 84.8. The molecule has 22 nitrogen and oxygen atoms in total. The van der Waals surface area contributed by atoms with Crippen LogP contribution in [0.2, 0.25) is 0 Å². The number of hydrogen-bond acceptors (Lipinski definition) is 21. The molecule has 37 heavy (non-hydrogen) atoms. The molecule has 31 heteroatoms. The summed E-state index contributed by atoms with van der Waals surface area (Å²) in [5.74, 6) is -0.136. The van der Waals surface area contributed by atoms with E-state index in [0.29, 0.717) is 0 Å². The van der Waals surface area contributed by atoms with Crippen molar-refractivity contribution in [3.63, 3.8) is 0 Å². The van der Waals surface area contributed by atoms with Crippen LogP contribution in [0.1, 0.15) is 0 Å². The van der Waals surface area contributed by atoms with Gasteiger partial charge >= 0.3 is 86.9 Å². The first-order chi connectivity index (χ1) is 14.5. The Morgan fingerprint density at radius 3 is 1.16 bits per heavy atom.